The van der Waals surface area contributed by atoms with Crippen LogP contribution in [0.25, 0.3) is 0 Å². The normalized spacial score (nSPS) is 10.3. The first-order valence-corrected chi connectivity index (χ1v) is 7.82. The maximum atomic E-state index is 11.2. The Kier molecular flexibility index (Phi) is 5.45. The zero-order chi connectivity index (χ0) is 16.1. The first kappa shape index (κ1) is 16.4. The predicted molar refractivity (Wildman–Crippen MR) is 88.5 cm³/mol. The van der Waals surface area contributed by atoms with Crippen LogP contribution in [0.5, 0.6) is 5.88 Å². The van der Waals surface area contributed by atoms with Gasteiger partial charge < -0.3 is 9.64 Å². The molecule has 0 aliphatic carbocycles. The Balaban J connectivity index is 2.28. The summed E-state index contributed by atoms with van der Waals surface area (Å²) in [5.41, 5.74) is -0.0722. The van der Waals surface area contributed by atoms with Gasteiger partial charge in [0.05, 0.1) is 11.5 Å². The maximum Gasteiger partial charge on any atom is 0.311 e. The van der Waals surface area contributed by atoms with Crippen LogP contribution in [0.2, 0.25) is 0 Å². The van der Waals surface area contributed by atoms with Gasteiger partial charge in [0.15, 0.2) is 3.92 Å². The van der Waals surface area contributed by atoms with Crippen LogP contribution in [-0.4, -0.2) is 28.5 Å². The fraction of sp³-hybridized carbons (Fsp3) is 0.231. The van der Waals surface area contributed by atoms with Crippen LogP contribution >= 0.6 is 27.3 Å². The molecular weight excluding hydrogens is 372 g/mol. The van der Waals surface area contributed by atoms with E-state index in [1.165, 1.54) is 23.5 Å². The molecule has 2 aromatic rings. The first-order chi connectivity index (χ1) is 10.5. The van der Waals surface area contributed by atoms with Gasteiger partial charge in [-0.3, -0.25) is 10.1 Å². The molecule has 0 saturated heterocycles. The number of halogens is 1. The molecule has 0 bridgehead atoms. The summed E-state index contributed by atoms with van der Waals surface area (Å²) in [7, 11) is 1.74. The quantitative estimate of drug-likeness (QED) is 0.413. The summed E-state index contributed by atoms with van der Waals surface area (Å²) in [4.78, 5) is 21.7. The summed E-state index contributed by atoms with van der Waals surface area (Å²) >= 11 is 4.76. The van der Waals surface area contributed by atoms with E-state index in [0.29, 0.717) is 12.4 Å². The predicted octanol–water partition coefficient (Wildman–Crippen LogP) is 3.41. The standard InChI is InChI=1S/C13H13BrN4O3S/c1-3-6-21-11-5-4-10(18(19)20)12(16-11)17(2)8-9-7-15-13(14)22-9/h3-5,7H,1,6,8H2,2H3. The minimum atomic E-state index is -0.460. The first-order valence-electron chi connectivity index (χ1n) is 6.21. The minimum absolute atomic E-state index is 0.0722. The lowest BCUT2D eigenvalue weighted by atomic mass is 10.3. The Morgan fingerprint density at radius 2 is 2.36 bits per heavy atom. The lowest BCUT2D eigenvalue weighted by molar-refractivity contribution is -0.384. The molecule has 0 aromatic carbocycles. The van der Waals surface area contributed by atoms with Crippen LogP contribution in [-0.2, 0) is 6.54 Å². The van der Waals surface area contributed by atoms with E-state index in [1.54, 1.807) is 24.2 Å². The number of anilines is 1. The molecule has 0 aliphatic rings. The maximum absolute atomic E-state index is 11.2. The van der Waals surface area contributed by atoms with Crippen LogP contribution in [0.4, 0.5) is 11.5 Å². The molecule has 0 amide bonds. The number of hydrogen-bond acceptors (Lipinski definition) is 7. The minimum Gasteiger partial charge on any atom is -0.473 e. The van der Waals surface area contributed by atoms with Crippen LogP contribution < -0.4 is 9.64 Å². The number of ether oxygens (including phenoxy) is 1. The molecule has 116 valence electrons. The monoisotopic (exact) mass is 384 g/mol. The molecule has 0 radical (unpaired) electrons. The number of aromatic nitrogens is 2. The fourth-order valence-corrected chi connectivity index (χ4v) is 3.15. The summed E-state index contributed by atoms with van der Waals surface area (Å²) in [6, 6.07) is 2.86. The van der Waals surface area contributed by atoms with E-state index in [1.807, 2.05) is 0 Å². The van der Waals surface area contributed by atoms with Crippen molar-refractivity contribution in [1.82, 2.24) is 9.97 Å². The molecule has 2 rings (SSSR count). The summed E-state index contributed by atoms with van der Waals surface area (Å²) < 4.78 is 6.10. The molecule has 0 aliphatic heterocycles. The van der Waals surface area contributed by atoms with Crippen molar-refractivity contribution in [2.24, 2.45) is 0 Å². The van der Waals surface area contributed by atoms with Gasteiger partial charge in [0, 0.05) is 30.3 Å². The van der Waals surface area contributed by atoms with Gasteiger partial charge >= 0.3 is 5.69 Å². The molecule has 0 N–H and O–H groups in total. The zero-order valence-electron chi connectivity index (χ0n) is 11.7. The van der Waals surface area contributed by atoms with E-state index < -0.39 is 4.92 Å². The van der Waals surface area contributed by atoms with Crippen LogP contribution in [0.1, 0.15) is 4.88 Å². The molecule has 9 heteroatoms. The SMILES string of the molecule is C=CCOc1ccc([N+](=O)[O-])c(N(C)Cc2cnc(Br)s2)n1. The molecule has 0 fully saturated rings. The van der Waals surface area contributed by atoms with E-state index in [4.69, 9.17) is 4.74 Å². The van der Waals surface area contributed by atoms with Crippen molar-refractivity contribution >= 4 is 38.8 Å². The van der Waals surface area contributed by atoms with Gasteiger partial charge in [0.2, 0.25) is 11.7 Å². The second-order valence-corrected chi connectivity index (χ2v) is 6.68. The molecular formula is C13H13BrN4O3S. The average Bonchev–Trinajstić information content (AvgIpc) is 2.89. The van der Waals surface area contributed by atoms with Crippen molar-refractivity contribution in [1.29, 1.82) is 0 Å². The second kappa shape index (κ2) is 7.32. The van der Waals surface area contributed by atoms with Crippen LogP contribution in [0.15, 0.2) is 34.9 Å². The molecule has 0 unspecified atom stereocenters. The van der Waals surface area contributed by atoms with E-state index >= 15 is 0 Å². The number of nitrogens with zero attached hydrogens (tertiary/aromatic N) is 4. The van der Waals surface area contributed by atoms with Gasteiger partial charge in [0.1, 0.15) is 6.61 Å². The lowest BCUT2D eigenvalue weighted by Gasteiger charge is -2.17. The van der Waals surface area contributed by atoms with E-state index in [0.717, 1.165) is 8.79 Å². The number of rotatable bonds is 7. The van der Waals surface area contributed by atoms with Crippen LogP contribution in [0.3, 0.4) is 0 Å². The highest BCUT2D eigenvalue weighted by atomic mass is 79.9. The van der Waals surface area contributed by atoms with Crippen molar-refractivity contribution in [2.75, 3.05) is 18.6 Å². The highest BCUT2D eigenvalue weighted by molar-refractivity contribution is 9.11. The smallest absolute Gasteiger partial charge is 0.311 e. The Morgan fingerprint density at radius 1 is 1.59 bits per heavy atom. The third-order valence-electron chi connectivity index (χ3n) is 2.65. The van der Waals surface area contributed by atoms with E-state index in [9.17, 15) is 10.1 Å². The van der Waals surface area contributed by atoms with Gasteiger partial charge in [0.25, 0.3) is 0 Å². The average molecular weight is 385 g/mol. The molecule has 0 atom stereocenters. The largest absolute Gasteiger partial charge is 0.473 e. The van der Waals surface area contributed by atoms with Crippen molar-refractivity contribution in [3.63, 3.8) is 0 Å². The van der Waals surface area contributed by atoms with E-state index in [-0.39, 0.29) is 18.1 Å². The van der Waals surface area contributed by atoms with Crippen molar-refractivity contribution in [3.05, 3.63) is 49.9 Å². The Hall–Kier alpha value is -2.00. The number of pyridine rings is 1. The summed E-state index contributed by atoms with van der Waals surface area (Å²) in [5, 5.41) is 11.2. The second-order valence-electron chi connectivity index (χ2n) is 4.28. The van der Waals surface area contributed by atoms with Gasteiger partial charge in [-0.2, -0.15) is 4.98 Å². The molecule has 7 nitrogen and oxygen atoms in total. The third kappa shape index (κ3) is 4.01. The zero-order valence-corrected chi connectivity index (χ0v) is 14.1. The molecule has 22 heavy (non-hydrogen) atoms. The molecule has 2 heterocycles. The Labute approximate surface area is 139 Å². The fourth-order valence-electron chi connectivity index (χ4n) is 1.74. The molecule has 2 aromatic heterocycles. The van der Waals surface area contributed by atoms with Gasteiger partial charge in [-0.1, -0.05) is 12.7 Å². The molecule has 0 spiro atoms. The highest BCUT2D eigenvalue weighted by Gasteiger charge is 2.20. The van der Waals surface area contributed by atoms with Crippen molar-refractivity contribution in [2.45, 2.75) is 6.54 Å². The van der Waals surface area contributed by atoms with Crippen LogP contribution in [0, 0.1) is 10.1 Å². The topological polar surface area (TPSA) is 81.4 Å². The number of hydrogen-bond donors (Lipinski definition) is 0. The third-order valence-corrected chi connectivity index (χ3v) is 4.12. The molecule has 0 saturated carbocycles. The van der Waals surface area contributed by atoms with Gasteiger partial charge in [-0.25, -0.2) is 4.98 Å². The number of nitro groups is 1. The van der Waals surface area contributed by atoms with Crippen molar-refractivity contribution < 1.29 is 9.66 Å². The van der Waals surface area contributed by atoms with Crippen molar-refractivity contribution in [3.8, 4) is 5.88 Å². The highest BCUT2D eigenvalue weighted by Crippen LogP contribution is 2.30. The Morgan fingerprint density at radius 3 is 2.95 bits per heavy atom. The van der Waals surface area contributed by atoms with Gasteiger partial charge in [-0.15, -0.1) is 11.3 Å². The van der Waals surface area contributed by atoms with Gasteiger partial charge in [-0.05, 0) is 15.9 Å². The number of thiazole rings is 1. The van der Waals surface area contributed by atoms with E-state index in [2.05, 4.69) is 32.5 Å². The summed E-state index contributed by atoms with van der Waals surface area (Å²) in [5.74, 6) is 0.564. The summed E-state index contributed by atoms with van der Waals surface area (Å²) in [6.45, 7) is 4.30. The lowest BCUT2D eigenvalue weighted by Crippen LogP contribution is -2.18. The Bertz CT molecular complexity index is 692. The summed E-state index contributed by atoms with van der Waals surface area (Å²) in [6.07, 6.45) is 3.30.